The molecule has 0 spiro atoms. The number of esters is 1. The number of hydrogen-bond acceptors (Lipinski definition) is 5. The minimum Gasteiger partial charge on any atom is -0.484 e. The van der Waals surface area contributed by atoms with Gasteiger partial charge < -0.3 is 9.47 Å². The van der Waals surface area contributed by atoms with Crippen LogP contribution in [0.25, 0.3) is 10.8 Å². The predicted octanol–water partition coefficient (Wildman–Crippen LogP) is 5.89. The molecular formula is C26H18Cl2N2O4. The third kappa shape index (κ3) is 5.92. The van der Waals surface area contributed by atoms with Gasteiger partial charge in [0.1, 0.15) is 11.5 Å². The Hall–Kier alpha value is -3.87. The summed E-state index contributed by atoms with van der Waals surface area (Å²) in [6.07, 6.45) is 1.44. The maximum atomic E-state index is 12.6. The molecule has 0 bridgehead atoms. The van der Waals surface area contributed by atoms with Crippen molar-refractivity contribution in [1.82, 2.24) is 5.43 Å². The third-order valence-electron chi connectivity index (χ3n) is 4.78. The maximum absolute atomic E-state index is 12.6. The number of fused-ring (bicyclic) bond motifs is 1. The quantitative estimate of drug-likeness (QED) is 0.151. The summed E-state index contributed by atoms with van der Waals surface area (Å²) in [6.45, 7) is -0.229. The fourth-order valence-electron chi connectivity index (χ4n) is 3.12. The summed E-state index contributed by atoms with van der Waals surface area (Å²) in [4.78, 5) is 24.8. The molecular weight excluding hydrogens is 475 g/mol. The standard InChI is InChI=1S/C26H18Cl2N2O4/c27-19-8-5-18(6-9-19)26(32)34-24-14-7-17-3-1-2-4-22(17)23(24)15-29-30-25(31)16-33-21-12-10-20(28)11-13-21/h1-15H,16H2,(H,30,31)/b29-15-. The van der Waals surface area contributed by atoms with Crippen molar-refractivity contribution in [2.45, 2.75) is 0 Å². The Labute approximate surface area is 205 Å². The Morgan fingerprint density at radius 1 is 0.853 bits per heavy atom. The molecule has 8 heteroatoms. The predicted molar refractivity (Wildman–Crippen MR) is 133 cm³/mol. The van der Waals surface area contributed by atoms with Crippen LogP contribution >= 0.6 is 23.2 Å². The van der Waals surface area contributed by atoms with E-state index in [0.29, 0.717) is 32.7 Å². The molecule has 34 heavy (non-hydrogen) atoms. The van der Waals surface area contributed by atoms with Gasteiger partial charge in [0.05, 0.1) is 11.8 Å². The van der Waals surface area contributed by atoms with E-state index in [1.54, 1.807) is 54.6 Å². The highest BCUT2D eigenvalue weighted by molar-refractivity contribution is 6.30. The number of ether oxygens (including phenoxy) is 2. The van der Waals surface area contributed by atoms with Gasteiger partial charge in [-0.2, -0.15) is 5.10 Å². The summed E-state index contributed by atoms with van der Waals surface area (Å²) in [6, 6.07) is 24.1. The Morgan fingerprint density at radius 2 is 1.53 bits per heavy atom. The highest BCUT2D eigenvalue weighted by Crippen LogP contribution is 2.27. The Kier molecular flexibility index (Phi) is 7.42. The Morgan fingerprint density at radius 3 is 2.26 bits per heavy atom. The van der Waals surface area contributed by atoms with Gasteiger partial charge in [-0.25, -0.2) is 10.2 Å². The number of carbonyl (C=O) groups is 2. The van der Waals surface area contributed by atoms with Gasteiger partial charge in [0.2, 0.25) is 0 Å². The summed E-state index contributed by atoms with van der Waals surface area (Å²) in [5.74, 6) is -0.184. The molecule has 1 N–H and O–H groups in total. The van der Waals surface area contributed by atoms with E-state index >= 15 is 0 Å². The molecule has 0 atom stereocenters. The van der Waals surface area contributed by atoms with Crippen molar-refractivity contribution in [2.75, 3.05) is 6.61 Å². The molecule has 1 amide bonds. The van der Waals surface area contributed by atoms with Crippen molar-refractivity contribution < 1.29 is 19.1 Å². The number of amides is 1. The molecule has 170 valence electrons. The van der Waals surface area contributed by atoms with Gasteiger partial charge in [-0.3, -0.25) is 4.79 Å². The number of halogens is 2. The molecule has 0 aliphatic carbocycles. The van der Waals surface area contributed by atoms with Gasteiger partial charge >= 0.3 is 5.97 Å². The van der Waals surface area contributed by atoms with Crippen LogP contribution in [0.1, 0.15) is 15.9 Å². The molecule has 0 heterocycles. The lowest BCUT2D eigenvalue weighted by Crippen LogP contribution is -2.24. The van der Waals surface area contributed by atoms with E-state index in [9.17, 15) is 9.59 Å². The summed E-state index contributed by atoms with van der Waals surface area (Å²) in [5.41, 5.74) is 3.32. The van der Waals surface area contributed by atoms with E-state index in [4.69, 9.17) is 32.7 Å². The minimum atomic E-state index is -0.540. The Balaban J connectivity index is 1.50. The zero-order valence-corrected chi connectivity index (χ0v) is 19.2. The van der Waals surface area contributed by atoms with Gasteiger partial charge in [-0.1, -0.05) is 53.5 Å². The summed E-state index contributed by atoms with van der Waals surface area (Å²) < 4.78 is 11.0. The van der Waals surface area contributed by atoms with Gasteiger partial charge in [0.25, 0.3) is 5.91 Å². The number of benzene rings is 4. The molecule has 0 aliphatic rings. The molecule has 0 saturated carbocycles. The number of hydrazone groups is 1. The van der Waals surface area contributed by atoms with Gasteiger partial charge in [0, 0.05) is 15.6 Å². The number of hydrogen-bond donors (Lipinski definition) is 1. The summed E-state index contributed by atoms with van der Waals surface area (Å²) >= 11 is 11.7. The van der Waals surface area contributed by atoms with Crippen molar-refractivity contribution in [3.05, 3.63) is 106 Å². The van der Waals surface area contributed by atoms with E-state index in [1.165, 1.54) is 6.21 Å². The molecule has 4 rings (SSSR count). The molecule has 0 fully saturated rings. The van der Waals surface area contributed by atoms with Crippen LogP contribution in [0.3, 0.4) is 0 Å². The maximum Gasteiger partial charge on any atom is 0.343 e. The fourth-order valence-corrected chi connectivity index (χ4v) is 3.38. The Bertz CT molecular complexity index is 1350. The first-order valence-corrected chi connectivity index (χ1v) is 10.9. The fraction of sp³-hybridized carbons (Fsp3) is 0.0385. The van der Waals surface area contributed by atoms with Crippen molar-refractivity contribution in [3.8, 4) is 11.5 Å². The lowest BCUT2D eigenvalue weighted by atomic mass is 10.0. The highest BCUT2D eigenvalue weighted by atomic mass is 35.5. The molecule has 0 unspecified atom stereocenters. The molecule has 6 nitrogen and oxygen atoms in total. The average Bonchev–Trinajstić information content (AvgIpc) is 2.85. The second kappa shape index (κ2) is 10.8. The van der Waals surface area contributed by atoms with Crippen molar-refractivity contribution in [3.63, 3.8) is 0 Å². The third-order valence-corrected chi connectivity index (χ3v) is 5.28. The summed E-state index contributed by atoms with van der Waals surface area (Å²) in [7, 11) is 0. The lowest BCUT2D eigenvalue weighted by molar-refractivity contribution is -0.123. The van der Waals surface area contributed by atoms with E-state index in [1.807, 2.05) is 30.3 Å². The first-order chi connectivity index (χ1) is 16.5. The minimum absolute atomic E-state index is 0.229. The second-order valence-corrected chi connectivity index (χ2v) is 8.00. The van der Waals surface area contributed by atoms with Crippen LogP contribution in [-0.4, -0.2) is 24.7 Å². The smallest absolute Gasteiger partial charge is 0.343 e. The monoisotopic (exact) mass is 492 g/mol. The van der Waals surface area contributed by atoms with Crippen molar-refractivity contribution in [2.24, 2.45) is 5.10 Å². The van der Waals surface area contributed by atoms with Gasteiger partial charge in [-0.05, 0) is 65.4 Å². The molecule has 4 aromatic carbocycles. The molecule has 0 aromatic heterocycles. The van der Waals surface area contributed by atoms with Crippen LogP contribution in [0.4, 0.5) is 0 Å². The average molecular weight is 493 g/mol. The molecule has 4 aromatic rings. The van der Waals surface area contributed by atoms with E-state index in [-0.39, 0.29) is 6.61 Å². The normalized spacial score (nSPS) is 10.9. The van der Waals surface area contributed by atoms with Crippen LogP contribution < -0.4 is 14.9 Å². The lowest BCUT2D eigenvalue weighted by Gasteiger charge is -2.11. The number of rotatable bonds is 7. The van der Waals surface area contributed by atoms with Crippen LogP contribution in [0.2, 0.25) is 10.0 Å². The molecule has 0 saturated heterocycles. The SMILES string of the molecule is O=C(COc1ccc(Cl)cc1)N/N=C\c1c(OC(=O)c2ccc(Cl)cc2)ccc2ccccc12. The topological polar surface area (TPSA) is 77.0 Å². The second-order valence-electron chi connectivity index (χ2n) is 7.13. The zero-order valence-electron chi connectivity index (χ0n) is 17.7. The summed E-state index contributed by atoms with van der Waals surface area (Å²) in [5, 5.41) is 6.86. The van der Waals surface area contributed by atoms with Crippen LogP contribution in [-0.2, 0) is 4.79 Å². The van der Waals surface area contributed by atoms with Gasteiger partial charge in [-0.15, -0.1) is 0 Å². The number of nitrogens with zero attached hydrogens (tertiary/aromatic N) is 1. The highest BCUT2D eigenvalue weighted by Gasteiger charge is 2.14. The number of carbonyl (C=O) groups excluding carboxylic acids is 2. The van der Waals surface area contributed by atoms with Crippen molar-refractivity contribution >= 4 is 52.1 Å². The number of nitrogens with one attached hydrogen (secondary N) is 1. The zero-order chi connectivity index (χ0) is 23.9. The van der Waals surface area contributed by atoms with Crippen LogP contribution in [0, 0.1) is 0 Å². The van der Waals surface area contributed by atoms with Crippen molar-refractivity contribution in [1.29, 1.82) is 0 Å². The van der Waals surface area contributed by atoms with E-state index in [2.05, 4.69) is 10.5 Å². The van der Waals surface area contributed by atoms with E-state index in [0.717, 1.165) is 10.8 Å². The molecule has 0 radical (unpaired) electrons. The van der Waals surface area contributed by atoms with Gasteiger partial charge in [0.15, 0.2) is 6.61 Å². The first kappa shape index (κ1) is 23.3. The first-order valence-electron chi connectivity index (χ1n) is 10.2. The van der Waals surface area contributed by atoms with E-state index < -0.39 is 11.9 Å². The largest absolute Gasteiger partial charge is 0.484 e. The molecule has 0 aliphatic heterocycles. The van der Waals surface area contributed by atoms with Crippen LogP contribution in [0.15, 0.2) is 90.0 Å². The van der Waals surface area contributed by atoms with Crippen LogP contribution in [0.5, 0.6) is 11.5 Å².